The van der Waals surface area contributed by atoms with Gasteiger partial charge < -0.3 is 23.9 Å². The van der Waals surface area contributed by atoms with Crippen molar-refractivity contribution in [3.63, 3.8) is 0 Å². The minimum atomic E-state index is -0.779. The summed E-state index contributed by atoms with van der Waals surface area (Å²) in [5.74, 6) is 0.320. The van der Waals surface area contributed by atoms with Gasteiger partial charge in [0.25, 0.3) is 11.7 Å². The first-order valence-electron chi connectivity index (χ1n) is 10.0. The second-order valence-electron chi connectivity index (χ2n) is 7.74. The summed E-state index contributed by atoms with van der Waals surface area (Å²) in [5.41, 5.74) is 1.49. The highest BCUT2D eigenvalue weighted by molar-refractivity contribution is 6.46. The lowest BCUT2D eigenvalue weighted by Crippen LogP contribution is -2.31. The van der Waals surface area contributed by atoms with E-state index in [1.165, 1.54) is 4.90 Å². The summed E-state index contributed by atoms with van der Waals surface area (Å²) in [6, 6.07) is 8.04. The number of carbonyl (C=O) groups is 2. The van der Waals surface area contributed by atoms with Crippen molar-refractivity contribution in [2.45, 2.75) is 38.8 Å². The standard InChI is InChI=1S/C23H25NO6/c1-13-5-7-18(29-13)20-19(22(26)23(27)24(20)9-4-10-28-3)21(25)15-6-8-17-16(12-15)11-14(2)30-17/h5-8,12,14,20,25H,4,9-11H2,1-3H3/t14-,20-/m0/s1. The van der Waals surface area contributed by atoms with Crippen molar-refractivity contribution in [1.29, 1.82) is 0 Å². The van der Waals surface area contributed by atoms with Gasteiger partial charge in [0.2, 0.25) is 0 Å². The van der Waals surface area contributed by atoms with Crippen molar-refractivity contribution in [3.8, 4) is 5.75 Å². The quantitative estimate of drug-likeness (QED) is 0.339. The molecule has 30 heavy (non-hydrogen) atoms. The van der Waals surface area contributed by atoms with Gasteiger partial charge in [0, 0.05) is 32.2 Å². The van der Waals surface area contributed by atoms with Crippen LogP contribution in [0.4, 0.5) is 0 Å². The highest BCUT2D eigenvalue weighted by atomic mass is 16.5. The number of rotatable bonds is 6. The normalized spacial score (nSPS) is 22.4. The van der Waals surface area contributed by atoms with E-state index in [9.17, 15) is 14.7 Å². The number of aliphatic hydroxyl groups is 1. The Labute approximate surface area is 174 Å². The van der Waals surface area contributed by atoms with Crippen LogP contribution in [0.5, 0.6) is 5.75 Å². The number of ketones is 1. The Bertz CT molecular complexity index is 1020. The zero-order valence-corrected chi connectivity index (χ0v) is 17.3. The number of nitrogens with zero attached hydrogens (tertiary/aromatic N) is 1. The Kier molecular flexibility index (Phi) is 5.39. The first-order chi connectivity index (χ1) is 14.4. The minimum absolute atomic E-state index is 0.0404. The van der Waals surface area contributed by atoms with Crippen LogP contribution in [0, 0.1) is 6.92 Å². The average Bonchev–Trinajstić information content (AvgIpc) is 3.38. The molecular weight excluding hydrogens is 386 g/mol. The van der Waals surface area contributed by atoms with E-state index < -0.39 is 17.7 Å². The molecule has 1 N–H and O–H groups in total. The first kappa shape index (κ1) is 20.2. The van der Waals surface area contributed by atoms with E-state index in [2.05, 4.69) is 0 Å². The Balaban J connectivity index is 1.78. The van der Waals surface area contributed by atoms with Crippen LogP contribution in [0.15, 0.2) is 40.3 Å². The summed E-state index contributed by atoms with van der Waals surface area (Å²) < 4.78 is 16.6. The molecule has 2 atom stereocenters. The zero-order valence-electron chi connectivity index (χ0n) is 17.3. The number of benzene rings is 1. The number of hydrogen-bond acceptors (Lipinski definition) is 6. The first-order valence-corrected chi connectivity index (χ1v) is 10.0. The molecule has 0 aliphatic carbocycles. The number of hydrogen-bond donors (Lipinski definition) is 1. The molecular formula is C23H25NO6. The molecule has 0 unspecified atom stereocenters. The fourth-order valence-electron chi connectivity index (χ4n) is 4.11. The molecule has 2 aliphatic heterocycles. The second-order valence-corrected chi connectivity index (χ2v) is 7.74. The van der Waals surface area contributed by atoms with E-state index in [-0.39, 0.29) is 17.4 Å². The Morgan fingerprint density at radius 3 is 2.77 bits per heavy atom. The average molecular weight is 411 g/mol. The number of carbonyl (C=O) groups excluding carboxylic acids is 2. The van der Waals surface area contributed by atoms with Crippen LogP contribution >= 0.6 is 0 Å². The maximum atomic E-state index is 12.9. The molecule has 1 amide bonds. The van der Waals surface area contributed by atoms with E-state index in [1.807, 2.05) is 13.0 Å². The van der Waals surface area contributed by atoms with E-state index in [1.54, 1.807) is 38.3 Å². The molecule has 0 bridgehead atoms. The lowest BCUT2D eigenvalue weighted by atomic mass is 9.97. The number of Topliss-reactive ketones (excluding diaryl/α,β-unsaturated/α-hetero) is 1. The number of furan rings is 1. The van der Waals surface area contributed by atoms with Crippen molar-refractivity contribution in [2.75, 3.05) is 20.3 Å². The Morgan fingerprint density at radius 1 is 1.27 bits per heavy atom. The number of aryl methyl sites for hydroxylation is 1. The summed E-state index contributed by atoms with van der Waals surface area (Å²) in [4.78, 5) is 27.2. The Hall–Kier alpha value is -3.06. The molecule has 4 rings (SSSR count). The van der Waals surface area contributed by atoms with Crippen molar-refractivity contribution in [2.24, 2.45) is 0 Å². The predicted molar refractivity (Wildman–Crippen MR) is 109 cm³/mol. The molecule has 7 nitrogen and oxygen atoms in total. The Morgan fingerprint density at radius 2 is 2.07 bits per heavy atom. The molecule has 0 spiro atoms. The third-order valence-corrected chi connectivity index (χ3v) is 5.49. The van der Waals surface area contributed by atoms with Crippen molar-refractivity contribution >= 4 is 17.4 Å². The zero-order chi connectivity index (χ0) is 21.4. The SMILES string of the molecule is COCCCN1C(=O)C(=O)C(=C(O)c2ccc3c(c2)C[C@H](C)O3)[C@@H]1c1ccc(C)o1. The van der Waals surface area contributed by atoms with E-state index in [0.29, 0.717) is 36.7 Å². The maximum absolute atomic E-state index is 12.9. The number of ether oxygens (including phenoxy) is 2. The van der Waals surface area contributed by atoms with Crippen LogP contribution in [0.2, 0.25) is 0 Å². The molecule has 2 aromatic rings. The number of likely N-dealkylation sites (tertiary alicyclic amines) is 1. The van der Waals surface area contributed by atoms with Gasteiger partial charge in [0.05, 0.1) is 5.57 Å². The summed E-state index contributed by atoms with van der Waals surface area (Å²) in [7, 11) is 1.58. The summed E-state index contributed by atoms with van der Waals surface area (Å²) >= 11 is 0. The van der Waals surface area contributed by atoms with Crippen molar-refractivity contribution in [1.82, 2.24) is 4.90 Å². The van der Waals surface area contributed by atoms with Gasteiger partial charge in [-0.05, 0) is 56.2 Å². The molecule has 3 heterocycles. The van der Waals surface area contributed by atoms with Gasteiger partial charge in [-0.25, -0.2) is 0 Å². The second kappa shape index (κ2) is 7.99. The van der Waals surface area contributed by atoms with Crippen LogP contribution in [0.1, 0.15) is 42.0 Å². The smallest absolute Gasteiger partial charge is 0.295 e. The van der Waals surface area contributed by atoms with Gasteiger partial charge in [-0.3, -0.25) is 9.59 Å². The van der Waals surface area contributed by atoms with Gasteiger partial charge in [-0.2, -0.15) is 0 Å². The molecule has 0 saturated carbocycles. The van der Waals surface area contributed by atoms with Gasteiger partial charge >= 0.3 is 0 Å². The molecule has 1 saturated heterocycles. The van der Waals surface area contributed by atoms with Gasteiger partial charge in [0.15, 0.2) is 0 Å². The van der Waals surface area contributed by atoms with Gasteiger partial charge in [-0.15, -0.1) is 0 Å². The van der Waals surface area contributed by atoms with Crippen LogP contribution in [0.3, 0.4) is 0 Å². The summed E-state index contributed by atoms with van der Waals surface area (Å²) in [6.07, 6.45) is 1.35. The molecule has 1 aromatic heterocycles. The number of amides is 1. The van der Waals surface area contributed by atoms with Gasteiger partial charge in [0.1, 0.15) is 35.2 Å². The van der Waals surface area contributed by atoms with E-state index in [4.69, 9.17) is 13.9 Å². The van der Waals surface area contributed by atoms with Crippen molar-refractivity contribution in [3.05, 3.63) is 58.6 Å². The minimum Gasteiger partial charge on any atom is -0.507 e. The van der Waals surface area contributed by atoms with Crippen molar-refractivity contribution < 1.29 is 28.6 Å². The number of methoxy groups -OCH3 is 1. The number of fused-ring (bicyclic) bond motifs is 1. The van der Waals surface area contributed by atoms with Crippen LogP contribution < -0.4 is 4.74 Å². The lowest BCUT2D eigenvalue weighted by Gasteiger charge is -2.23. The molecule has 1 fully saturated rings. The van der Waals surface area contributed by atoms with Crippen LogP contribution in [-0.4, -0.2) is 48.1 Å². The monoisotopic (exact) mass is 411 g/mol. The van der Waals surface area contributed by atoms with Crippen LogP contribution in [0.25, 0.3) is 5.76 Å². The maximum Gasteiger partial charge on any atom is 0.295 e. The third kappa shape index (κ3) is 3.50. The fourth-order valence-corrected chi connectivity index (χ4v) is 4.11. The summed E-state index contributed by atoms with van der Waals surface area (Å²) in [5, 5.41) is 11.1. The van der Waals surface area contributed by atoms with E-state index >= 15 is 0 Å². The number of aliphatic hydroxyl groups excluding tert-OH is 1. The largest absolute Gasteiger partial charge is 0.507 e. The highest BCUT2D eigenvalue weighted by Crippen LogP contribution is 2.41. The molecule has 0 radical (unpaired) electrons. The van der Waals surface area contributed by atoms with E-state index in [0.717, 1.165) is 17.7 Å². The predicted octanol–water partition coefficient (Wildman–Crippen LogP) is 3.37. The molecule has 7 heteroatoms. The lowest BCUT2D eigenvalue weighted by molar-refractivity contribution is -0.140. The van der Waals surface area contributed by atoms with Gasteiger partial charge in [-0.1, -0.05) is 0 Å². The van der Waals surface area contributed by atoms with Crippen LogP contribution in [-0.2, 0) is 20.7 Å². The fraction of sp³-hybridized carbons (Fsp3) is 0.391. The molecule has 158 valence electrons. The highest BCUT2D eigenvalue weighted by Gasteiger charge is 2.47. The third-order valence-electron chi connectivity index (χ3n) is 5.49. The topological polar surface area (TPSA) is 89.2 Å². The molecule has 1 aromatic carbocycles. The molecule has 2 aliphatic rings. The summed E-state index contributed by atoms with van der Waals surface area (Å²) in [6.45, 7) is 4.54.